The van der Waals surface area contributed by atoms with Crippen LogP contribution in [-0.2, 0) is 14.2 Å². The SMILES string of the molecule is CC[C@H]1O[C@@H]2OC(C)(C)O[C@H]2C1CCO. The van der Waals surface area contributed by atoms with Gasteiger partial charge in [0, 0.05) is 12.5 Å². The summed E-state index contributed by atoms with van der Waals surface area (Å²) in [6.07, 6.45) is 1.55. The molecule has 0 amide bonds. The van der Waals surface area contributed by atoms with Crippen molar-refractivity contribution >= 4 is 0 Å². The lowest BCUT2D eigenvalue weighted by Crippen LogP contribution is -2.30. The van der Waals surface area contributed by atoms with E-state index in [1.54, 1.807) is 0 Å². The summed E-state index contributed by atoms with van der Waals surface area (Å²) in [5.41, 5.74) is 0. The Kier molecular flexibility index (Phi) is 3.03. The van der Waals surface area contributed by atoms with E-state index < -0.39 is 5.79 Å². The van der Waals surface area contributed by atoms with Gasteiger partial charge in [0.15, 0.2) is 12.1 Å². The Morgan fingerprint density at radius 2 is 2.00 bits per heavy atom. The van der Waals surface area contributed by atoms with Crippen LogP contribution < -0.4 is 0 Å². The smallest absolute Gasteiger partial charge is 0.187 e. The normalized spacial score (nSPS) is 43.2. The second kappa shape index (κ2) is 4.01. The highest BCUT2D eigenvalue weighted by Crippen LogP contribution is 2.42. The van der Waals surface area contributed by atoms with Gasteiger partial charge in [-0.2, -0.15) is 0 Å². The molecule has 0 radical (unpaired) electrons. The van der Waals surface area contributed by atoms with Crippen molar-refractivity contribution < 1.29 is 19.3 Å². The molecule has 1 N–H and O–H groups in total. The molecule has 0 bridgehead atoms. The molecule has 2 fully saturated rings. The topological polar surface area (TPSA) is 47.9 Å². The maximum absolute atomic E-state index is 9.04. The van der Waals surface area contributed by atoms with E-state index in [2.05, 4.69) is 6.92 Å². The Morgan fingerprint density at radius 3 is 2.60 bits per heavy atom. The molecule has 2 saturated heterocycles. The fraction of sp³-hybridized carbons (Fsp3) is 1.00. The summed E-state index contributed by atoms with van der Waals surface area (Å²) in [6.45, 7) is 6.05. The van der Waals surface area contributed by atoms with Crippen molar-refractivity contribution in [2.24, 2.45) is 5.92 Å². The van der Waals surface area contributed by atoms with Gasteiger partial charge in [-0.1, -0.05) is 6.92 Å². The van der Waals surface area contributed by atoms with E-state index >= 15 is 0 Å². The monoisotopic (exact) mass is 216 g/mol. The lowest BCUT2D eigenvalue weighted by atomic mass is 9.93. The van der Waals surface area contributed by atoms with Gasteiger partial charge in [-0.3, -0.25) is 0 Å². The van der Waals surface area contributed by atoms with Crippen LogP contribution in [0.15, 0.2) is 0 Å². The zero-order chi connectivity index (χ0) is 11.1. The summed E-state index contributed by atoms with van der Waals surface area (Å²) < 4.78 is 17.2. The highest BCUT2D eigenvalue weighted by atomic mass is 16.8. The Hall–Kier alpha value is -0.160. The number of ether oxygens (including phenoxy) is 3. The van der Waals surface area contributed by atoms with Crippen LogP contribution in [0.25, 0.3) is 0 Å². The first-order chi connectivity index (χ1) is 7.07. The summed E-state index contributed by atoms with van der Waals surface area (Å²) in [4.78, 5) is 0. The molecule has 0 aromatic rings. The van der Waals surface area contributed by atoms with Gasteiger partial charge in [0.1, 0.15) is 6.10 Å². The third-order valence-electron chi connectivity index (χ3n) is 3.16. The molecule has 0 spiro atoms. The number of rotatable bonds is 3. The zero-order valence-electron chi connectivity index (χ0n) is 9.60. The quantitative estimate of drug-likeness (QED) is 0.772. The lowest BCUT2D eigenvalue weighted by Gasteiger charge is -2.24. The first-order valence-corrected chi connectivity index (χ1v) is 5.69. The van der Waals surface area contributed by atoms with Crippen molar-refractivity contribution in [1.82, 2.24) is 0 Å². The highest BCUT2D eigenvalue weighted by Gasteiger charge is 2.53. The molecule has 0 aromatic heterocycles. The van der Waals surface area contributed by atoms with Crippen LogP contribution in [0.2, 0.25) is 0 Å². The van der Waals surface area contributed by atoms with Gasteiger partial charge in [0.05, 0.1) is 6.10 Å². The molecule has 0 aromatic carbocycles. The van der Waals surface area contributed by atoms with E-state index in [0.717, 1.165) is 12.8 Å². The van der Waals surface area contributed by atoms with Crippen LogP contribution in [-0.4, -0.2) is 36.0 Å². The molecule has 0 saturated carbocycles. The third-order valence-corrected chi connectivity index (χ3v) is 3.16. The van der Waals surface area contributed by atoms with Gasteiger partial charge in [-0.25, -0.2) is 0 Å². The summed E-state index contributed by atoms with van der Waals surface area (Å²) in [7, 11) is 0. The number of aliphatic hydroxyl groups is 1. The van der Waals surface area contributed by atoms with Gasteiger partial charge >= 0.3 is 0 Å². The number of hydrogen-bond acceptors (Lipinski definition) is 4. The third kappa shape index (κ3) is 2.04. The number of fused-ring (bicyclic) bond motifs is 1. The molecule has 0 aliphatic carbocycles. The van der Waals surface area contributed by atoms with Crippen molar-refractivity contribution in [1.29, 1.82) is 0 Å². The minimum absolute atomic E-state index is 0.0166. The van der Waals surface area contributed by atoms with Gasteiger partial charge in [-0.15, -0.1) is 0 Å². The van der Waals surface area contributed by atoms with Crippen LogP contribution >= 0.6 is 0 Å². The molecule has 2 rings (SSSR count). The molecule has 2 aliphatic rings. The minimum Gasteiger partial charge on any atom is -0.396 e. The largest absolute Gasteiger partial charge is 0.396 e. The van der Waals surface area contributed by atoms with Crippen molar-refractivity contribution in [3.8, 4) is 0 Å². The van der Waals surface area contributed by atoms with Gasteiger partial charge in [-0.05, 0) is 26.7 Å². The summed E-state index contributed by atoms with van der Waals surface area (Å²) in [5.74, 6) is -0.298. The first kappa shape index (κ1) is 11.3. The van der Waals surface area contributed by atoms with Crippen LogP contribution in [0.5, 0.6) is 0 Å². The molecule has 2 aliphatic heterocycles. The van der Waals surface area contributed by atoms with Crippen LogP contribution in [0.3, 0.4) is 0 Å². The van der Waals surface area contributed by atoms with Crippen LogP contribution in [0, 0.1) is 5.92 Å². The maximum Gasteiger partial charge on any atom is 0.187 e. The van der Waals surface area contributed by atoms with E-state index in [-0.39, 0.29) is 31.0 Å². The molecule has 4 nitrogen and oxygen atoms in total. The van der Waals surface area contributed by atoms with Gasteiger partial charge in [0.2, 0.25) is 0 Å². The molecule has 1 unspecified atom stereocenters. The maximum atomic E-state index is 9.04. The molecule has 4 heteroatoms. The second-order valence-electron chi connectivity index (χ2n) is 4.73. The van der Waals surface area contributed by atoms with Gasteiger partial charge < -0.3 is 19.3 Å². The van der Waals surface area contributed by atoms with Crippen molar-refractivity contribution in [2.75, 3.05) is 6.61 Å². The van der Waals surface area contributed by atoms with Crippen LogP contribution in [0.4, 0.5) is 0 Å². The lowest BCUT2D eigenvalue weighted by molar-refractivity contribution is -0.210. The van der Waals surface area contributed by atoms with Gasteiger partial charge in [0.25, 0.3) is 0 Å². The fourth-order valence-corrected chi connectivity index (χ4v) is 2.54. The standard InChI is InChI=1S/C11H20O4/c1-4-8-7(5-6-12)9-10(13-8)15-11(2,3)14-9/h7-10,12H,4-6H2,1-3H3/t7?,8-,9+,10-/m1/s1. The summed E-state index contributed by atoms with van der Waals surface area (Å²) in [5, 5.41) is 9.04. The molecule has 15 heavy (non-hydrogen) atoms. The molecule has 88 valence electrons. The van der Waals surface area contributed by atoms with Crippen molar-refractivity contribution in [3.63, 3.8) is 0 Å². The Labute approximate surface area is 90.5 Å². The first-order valence-electron chi connectivity index (χ1n) is 5.69. The van der Waals surface area contributed by atoms with Crippen LogP contribution in [0.1, 0.15) is 33.6 Å². The predicted octanol–water partition coefficient (Wildman–Crippen LogP) is 1.27. The average molecular weight is 216 g/mol. The Balaban J connectivity index is 2.07. The van der Waals surface area contributed by atoms with E-state index in [4.69, 9.17) is 19.3 Å². The molecule has 4 atom stereocenters. The van der Waals surface area contributed by atoms with E-state index in [0.29, 0.717) is 0 Å². The van der Waals surface area contributed by atoms with E-state index in [1.807, 2.05) is 13.8 Å². The van der Waals surface area contributed by atoms with E-state index in [1.165, 1.54) is 0 Å². The molecule has 2 heterocycles. The fourth-order valence-electron chi connectivity index (χ4n) is 2.54. The Morgan fingerprint density at radius 1 is 1.27 bits per heavy atom. The summed E-state index contributed by atoms with van der Waals surface area (Å²) >= 11 is 0. The number of aliphatic hydroxyl groups excluding tert-OH is 1. The molecular formula is C11H20O4. The Bertz CT molecular complexity index is 229. The van der Waals surface area contributed by atoms with Crippen molar-refractivity contribution in [2.45, 2.75) is 57.9 Å². The minimum atomic E-state index is -0.554. The second-order valence-corrected chi connectivity index (χ2v) is 4.73. The van der Waals surface area contributed by atoms with E-state index in [9.17, 15) is 0 Å². The highest BCUT2D eigenvalue weighted by molar-refractivity contribution is 4.91. The van der Waals surface area contributed by atoms with Crippen molar-refractivity contribution in [3.05, 3.63) is 0 Å². The number of hydrogen-bond donors (Lipinski definition) is 1. The average Bonchev–Trinajstić information content (AvgIpc) is 2.60. The molecular weight excluding hydrogens is 196 g/mol. The predicted molar refractivity (Wildman–Crippen MR) is 54.2 cm³/mol. The summed E-state index contributed by atoms with van der Waals surface area (Å²) in [6, 6.07) is 0. The zero-order valence-corrected chi connectivity index (χ0v) is 9.60.